The predicted molar refractivity (Wildman–Crippen MR) is 85.3 cm³/mol. The number of rotatable bonds is 4. The van der Waals surface area contributed by atoms with Crippen LogP contribution >= 0.6 is 0 Å². The first-order chi connectivity index (χ1) is 10.3. The zero-order valence-corrected chi connectivity index (χ0v) is 12.8. The molecule has 3 rings (SSSR count). The smallest absolute Gasteiger partial charge is 0.227 e. The van der Waals surface area contributed by atoms with Crippen molar-refractivity contribution in [1.29, 1.82) is 0 Å². The molecule has 0 unspecified atom stereocenters. The van der Waals surface area contributed by atoms with Gasteiger partial charge in [0.2, 0.25) is 5.91 Å². The van der Waals surface area contributed by atoms with E-state index >= 15 is 0 Å². The Bertz CT molecular complexity index is 491. The van der Waals surface area contributed by atoms with E-state index in [0.29, 0.717) is 6.54 Å². The van der Waals surface area contributed by atoms with E-state index in [-0.39, 0.29) is 11.8 Å². The fraction of sp³-hybridized carbons (Fsp3) is 0.588. The molecule has 114 valence electrons. The molecule has 0 bridgehead atoms. The van der Waals surface area contributed by atoms with Crippen molar-refractivity contribution in [2.45, 2.75) is 25.8 Å². The molecule has 0 saturated carbocycles. The minimum absolute atomic E-state index is 0.161. The maximum absolute atomic E-state index is 12.5. The Hall–Kier alpha value is -1.55. The lowest BCUT2D eigenvalue weighted by Crippen LogP contribution is -2.34. The third-order valence-corrected chi connectivity index (χ3v) is 4.63. The number of hydrogen-bond acceptors (Lipinski definition) is 3. The minimum atomic E-state index is 0.161. The third kappa shape index (κ3) is 3.21. The molecule has 1 atom stereocenters. The number of benzene rings is 1. The Kier molecular flexibility index (Phi) is 4.44. The highest BCUT2D eigenvalue weighted by Gasteiger charge is 2.26. The molecule has 0 radical (unpaired) electrons. The van der Waals surface area contributed by atoms with Gasteiger partial charge in [0.1, 0.15) is 0 Å². The molecule has 4 nitrogen and oxygen atoms in total. The lowest BCUT2D eigenvalue weighted by Gasteiger charge is -2.25. The Morgan fingerprint density at radius 1 is 1.33 bits per heavy atom. The summed E-state index contributed by atoms with van der Waals surface area (Å²) in [5.41, 5.74) is 2.57. The average molecular weight is 287 g/mol. The van der Waals surface area contributed by atoms with Gasteiger partial charge in [-0.1, -0.05) is 18.2 Å². The van der Waals surface area contributed by atoms with Crippen molar-refractivity contribution in [2.75, 3.05) is 38.1 Å². The zero-order valence-electron chi connectivity index (χ0n) is 12.8. The number of hydrogen-bond donors (Lipinski definition) is 1. The molecular weight excluding hydrogens is 262 g/mol. The van der Waals surface area contributed by atoms with E-state index in [9.17, 15) is 4.79 Å². The van der Waals surface area contributed by atoms with Crippen LogP contribution in [-0.4, -0.2) is 44.0 Å². The molecule has 2 fully saturated rings. The van der Waals surface area contributed by atoms with Crippen LogP contribution in [0.15, 0.2) is 24.3 Å². The highest BCUT2D eigenvalue weighted by molar-refractivity contribution is 5.79. The van der Waals surface area contributed by atoms with Gasteiger partial charge >= 0.3 is 0 Å². The number of carbonyl (C=O) groups is 1. The van der Waals surface area contributed by atoms with Crippen LogP contribution in [0.2, 0.25) is 0 Å². The monoisotopic (exact) mass is 287 g/mol. The Balaban J connectivity index is 1.70. The normalized spacial score (nSPS) is 21.8. The van der Waals surface area contributed by atoms with E-state index in [1.807, 2.05) is 11.9 Å². The number of nitrogens with zero attached hydrogens (tertiary/aromatic N) is 2. The summed E-state index contributed by atoms with van der Waals surface area (Å²) in [5.74, 6) is 0.435. The van der Waals surface area contributed by atoms with Crippen LogP contribution in [0.5, 0.6) is 0 Å². The first kappa shape index (κ1) is 14.4. The van der Waals surface area contributed by atoms with Crippen LogP contribution in [0.4, 0.5) is 5.69 Å². The Morgan fingerprint density at radius 2 is 2.10 bits per heavy atom. The van der Waals surface area contributed by atoms with Crippen molar-refractivity contribution in [3.05, 3.63) is 29.8 Å². The molecule has 2 heterocycles. The molecule has 0 aliphatic carbocycles. The van der Waals surface area contributed by atoms with Gasteiger partial charge in [0.05, 0.1) is 5.92 Å². The number of carbonyl (C=O) groups excluding carboxylic acids is 1. The number of nitrogens with one attached hydrogen (secondary N) is 1. The van der Waals surface area contributed by atoms with E-state index in [4.69, 9.17) is 0 Å². The molecule has 1 aromatic carbocycles. The third-order valence-electron chi connectivity index (χ3n) is 4.63. The van der Waals surface area contributed by atoms with Gasteiger partial charge < -0.3 is 15.1 Å². The van der Waals surface area contributed by atoms with Gasteiger partial charge in [0.25, 0.3) is 0 Å². The number of anilines is 1. The molecule has 1 amide bonds. The van der Waals surface area contributed by atoms with Crippen molar-refractivity contribution < 1.29 is 4.79 Å². The lowest BCUT2D eigenvalue weighted by atomic mass is 10.1. The van der Waals surface area contributed by atoms with Crippen LogP contribution in [0.3, 0.4) is 0 Å². The summed E-state index contributed by atoms with van der Waals surface area (Å²) >= 11 is 0. The predicted octanol–water partition coefficient (Wildman–Crippen LogP) is 1.85. The van der Waals surface area contributed by atoms with Gasteiger partial charge in [-0.3, -0.25) is 4.79 Å². The van der Waals surface area contributed by atoms with Crippen LogP contribution in [0.25, 0.3) is 0 Å². The van der Waals surface area contributed by atoms with Crippen molar-refractivity contribution in [3.8, 4) is 0 Å². The topological polar surface area (TPSA) is 35.6 Å². The van der Waals surface area contributed by atoms with E-state index in [2.05, 4.69) is 34.5 Å². The summed E-state index contributed by atoms with van der Waals surface area (Å²) in [4.78, 5) is 16.8. The van der Waals surface area contributed by atoms with Crippen LogP contribution in [-0.2, 0) is 11.3 Å². The Morgan fingerprint density at radius 3 is 2.81 bits per heavy atom. The zero-order chi connectivity index (χ0) is 14.7. The summed E-state index contributed by atoms with van der Waals surface area (Å²) in [5, 5.41) is 3.27. The minimum Gasteiger partial charge on any atom is -0.371 e. The number of amides is 1. The average Bonchev–Trinajstić information content (AvgIpc) is 3.20. The van der Waals surface area contributed by atoms with E-state index < -0.39 is 0 Å². The first-order valence-corrected chi connectivity index (χ1v) is 8.04. The summed E-state index contributed by atoms with van der Waals surface area (Å²) in [6.45, 7) is 4.79. The maximum atomic E-state index is 12.5. The molecule has 2 saturated heterocycles. The Labute approximate surface area is 127 Å². The van der Waals surface area contributed by atoms with Crippen LogP contribution in [0.1, 0.15) is 24.8 Å². The van der Waals surface area contributed by atoms with E-state index in [0.717, 1.165) is 32.6 Å². The highest BCUT2D eigenvalue weighted by Crippen LogP contribution is 2.26. The molecule has 2 aliphatic heterocycles. The molecule has 1 N–H and O–H groups in total. The first-order valence-electron chi connectivity index (χ1n) is 8.04. The highest BCUT2D eigenvalue weighted by atomic mass is 16.2. The second-order valence-corrected chi connectivity index (χ2v) is 6.21. The van der Waals surface area contributed by atoms with Crippen molar-refractivity contribution in [3.63, 3.8) is 0 Å². The number of para-hydroxylation sites is 1. The molecule has 4 heteroatoms. The maximum Gasteiger partial charge on any atom is 0.227 e. The lowest BCUT2D eigenvalue weighted by molar-refractivity contribution is -0.134. The van der Waals surface area contributed by atoms with Gasteiger partial charge in [-0.25, -0.2) is 0 Å². The second kappa shape index (κ2) is 6.48. The SMILES string of the molecule is CN(Cc1ccccc1N1CCCC1)C(=O)[C@@H]1CCNC1. The van der Waals surface area contributed by atoms with Crippen LogP contribution < -0.4 is 10.2 Å². The van der Waals surface area contributed by atoms with Crippen molar-refractivity contribution >= 4 is 11.6 Å². The van der Waals surface area contributed by atoms with Crippen molar-refractivity contribution in [1.82, 2.24) is 10.2 Å². The summed E-state index contributed by atoms with van der Waals surface area (Å²) in [7, 11) is 1.93. The standard InChI is InChI=1S/C17H25N3O/c1-19(17(21)14-8-9-18-12-14)13-15-6-2-3-7-16(15)20-10-4-5-11-20/h2-3,6-7,14,18H,4-5,8-13H2,1H3/t14-/m1/s1. The molecule has 21 heavy (non-hydrogen) atoms. The fourth-order valence-corrected chi connectivity index (χ4v) is 3.42. The van der Waals surface area contributed by atoms with Gasteiger partial charge in [-0.05, 0) is 37.4 Å². The summed E-state index contributed by atoms with van der Waals surface area (Å²) < 4.78 is 0. The van der Waals surface area contributed by atoms with Crippen molar-refractivity contribution in [2.24, 2.45) is 5.92 Å². The second-order valence-electron chi connectivity index (χ2n) is 6.21. The van der Waals surface area contributed by atoms with Crippen LogP contribution in [0, 0.1) is 5.92 Å². The molecule has 0 aromatic heterocycles. The molecule has 1 aromatic rings. The van der Waals surface area contributed by atoms with Gasteiger partial charge in [0, 0.05) is 38.9 Å². The molecular formula is C17H25N3O. The fourth-order valence-electron chi connectivity index (χ4n) is 3.42. The van der Waals surface area contributed by atoms with E-state index in [1.165, 1.54) is 24.1 Å². The summed E-state index contributed by atoms with van der Waals surface area (Å²) in [6, 6.07) is 8.52. The molecule has 0 spiro atoms. The molecule has 2 aliphatic rings. The van der Waals surface area contributed by atoms with Gasteiger partial charge in [-0.15, -0.1) is 0 Å². The largest absolute Gasteiger partial charge is 0.371 e. The van der Waals surface area contributed by atoms with E-state index in [1.54, 1.807) is 0 Å². The van der Waals surface area contributed by atoms with Gasteiger partial charge in [-0.2, -0.15) is 0 Å². The van der Waals surface area contributed by atoms with Gasteiger partial charge in [0.15, 0.2) is 0 Å². The summed E-state index contributed by atoms with van der Waals surface area (Å²) in [6.07, 6.45) is 3.52. The quantitative estimate of drug-likeness (QED) is 0.918.